The summed E-state index contributed by atoms with van der Waals surface area (Å²) in [6.45, 7) is 6.08. The van der Waals surface area contributed by atoms with Gasteiger partial charge in [0.15, 0.2) is 0 Å². The summed E-state index contributed by atoms with van der Waals surface area (Å²) < 4.78 is 0.749. The van der Waals surface area contributed by atoms with Crippen molar-refractivity contribution in [1.29, 1.82) is 0 Å². The lowest BCUT2D eigenvalue weighted by Crippen LogP contribution is -2.30. The molecule has 1 aliphatic rings. The number of benzene rings is 1. The van der Waals surface area contributed by atoms with Crippen LogP contribution < -0.4 is 4.90 Å². The van der Waals surface area contributed by atoms with Crippen molar-refractivity contribution < 1.29 is 4.92 Å². The molecule has 0 radical (unpaired) electrons. The molecule has 0 aliphatic heterocycles. The highest BCUT2D eigenvalue weighted by atomic mass is 79.9. The smallest absolute Gasteiger partial charge is 0.293 e. The molecule has 19 heavy (non-hydrogen) atoms. The lowest BCUT2D eigenvalue weighted by molar-refractivity contribution is -0.384. The normalized spacial score (nSPS) is 14.7. The van der Waals surface area contributed by atoms with Crippen molar-refractivity contribution in [2.45, 2.75) is 26.7 Å². The van der Waals surface area contributed by atoms with Gasteiger partial charge in [-0.05, 0) is 36.8 Å². The number of anilines is 1. The summed E-state index contributed by atoms with van der Waals surface area (Å²) in [5.74, 6) is 1.20. The van der Waals surface area contributed by atoms with E-state index in [1.807, 2.05) is 12.1 Å². The first kappa shape index (κ1) is 14.3. The Bertz CT molecular complexity index is 469. The minimum absolute atomic E-state index is 0.190. The zero-order chi connectivity index (χ0) is 14.0. The molecule has 1 saturated carbocycles. The van der Waals surface area contributed by atoms with E-state index in [-0.39, 0.29) is 10.6 Å². The number of hydrogen-bond donors (Lipinski definition) is 0. The summed E-state index contributed by atoms with van der Waals surface area (Å²) in [7, 11) is 0. The van der Waals surface area contributed by atoms with Crippen molar-refractivity contribution in [3.63, 3.8) is 0 Å². The second kappa shape index (κ2) is 5.90. The van der Waals surface area contributed by atoms with E-state index in [0.29, 0.717) is 11.8 Å². The minimum Gasteiger partial charge on any atom is -0.365 e. The molecule has 2 rings (SSSR count). The van der Waals surface area contributed by atoms with Crippen LogP contribution in [0.4, 0.5) is 11.4 Å². The van der Waals surface area contributed by atoms with Crippen molar-refractivity contribution in [3.8, 4) is 0 Å². The Balaban J connectivity index is 2.30. The average Bonchev–Trinajstić information content (AvgIpc) is 3.11. The van der Waals surface area contributed by atoms with Gasteiger partial charge in [0, 0.05) is 23.6 Å². The first-order valence-corrected chi connectivity index (χ1v) is 7.45. The predicted octanol–water partition coefficient (Wildman–Crippen LogP) is 4.23. The minimum atomic E-state index is -0.291. The molecule has 0 aromatic heterocycles. The van der Waals surface area contributed by atoms with Gasteiger partial charge >= 0.3 is 0 Å². The van der Waals surface area contributed by atoms with E-state index in [0.717, 1.165) is 23.2 Å². The number of nitro groups is 1. The molecule has 5 heteroatoms. The van der Waals surface area contributed by atoms with Gasteiger partial charge in [-0.2, -0.15) is 0 Å². The third-order valence-corrected chi connectivity index (χ3v) is 3.73. The Morgan fingerprint density at radius 2 is 2.16 bits per heavy atom. The van der Waals surface area contributed by atoms with Crippen molar-refractivity contribution >= 4 is 27.3 Å². The molecule has 1 aromatic rings. The molecule has 0 saturated heterocycles. The van der Waals surface area contributed by atoms with Crippen LogP contribution in [-0.2, 0) is 0 Å². The molecule has 4 nitrogen and oxygen atoms in total. The zero-order valence-electron chi connectivity index (χ0n) is 11.3. The van der Waals surface area contributed by atoms with E-state index in [4.69, 9.17) is 0 Å². The lowest BCUT2D eigenvalue weighted by atomic mass is 10.1. The molecule has 1 aliphatic carbocycles. The molecule has 0 N–H and O–H groups in total. The molecule has 0 spiro atoms. The van der Waals surface area contributed by atoms with E-state index < -0.39 is 0 Å². The topological polar surface area (TPSA) is 46.4 Å². The average molecular weight is 327 g/mol. The maximum atomic E-state index is 11.2. The van der Waals surface area contributed by atoms with Crippen LogP contribution in [0.25, 0.3) is 0 Å². The molecule has 0 heterocycles. The lowest BCUT2D eigenvalue weighted by Gasteiger charge is -2.26. The second-order valence-electron chi connectivity index (χ2n) is 5.63. The highest BCUT2D eigenvalue weighted by Crippen LogP contribution is 2.36. The summed E-state index contributed by atoms with van der Waals surface area (Å²) in [5.41, 5.74) is 0.935. The van der Waals surface area contributed by atoms with Gasteiger partial charge in [-0.25, -0.2) is 0 Å². The largest absolute Gasteiger partial charge is 0.365 e. The summed E-state index contributed by atoms with van der Waals surface area (Å²) in [5, 5.41) is 11.2. The SMILES string of the molecule is CC(C)CN(CC1CC1)c1ccc(Br)cc1[N+](=O)[O-]. The van der Waals surface area contributed by atoms with Gasteiger partial charge in [0.05, 0.1) is 4.92 Å². The molecule has 1 fully saturated rings. The standard InChI is InChI=1S/C14H19BrN2O2/c1-10(2)8-16(9-11-3-4-11)13-6-5-12(15)7-14(13)17(18)19/h5-7,10-11H,3-4,8-9H2,1-2H3. The maximum Gasteiger partial charge on any atom is 0.293 e. The number of rotatable bonds is 6. The van der Waals surface area contributed by atoms with E-state index in [1.54, 1.807) is 6.07 Å². The van der Waals surface area contributed by atoms with Crippen LogP contribution in [0.2, 0.25) is 0 Å². The van der Waals surface area contributed by atoms with Gasteiger partial charge < -0.3 is 4.90 Å². The molecular formula is C14H19BrN2O2. The quantitative estimate of drug-likeness (QED) is 0.580. The molecular weight excluding hydrogens is 308 g/mol. The Hall–Kier alpha value is -1.10. The third-order valence-electron chi connectivity index (χ3n) is 3.24. The van der Waals surface area contributed by atoms with E-state index in [9.17, 15) is 10.1 Å². The van der Waals surface area contributed by atoms with Crippen LogP contribution in [0.5, 0.6) is 0 Å². The van der Waals surface area contributed by atoms with E-state index >= 15 is 0 Å². The van der Waals surface area contributed by atoms with Crippen LogP contribution >= 0.6 is 15.9 Å². The van der Waals surface area contributed by atoms with Gasteiger partial charge in [0.1, 0.15) is 5.69 Å². The predicted molar refractivity (Wildman–Crippen MR) is 80.6 cm³/mol. The van der Waals surface area contributed by atoms with Crippen LogP contribution in [0, 0.1) is 22.0 Å². The highest BCUT2D eigenvalue weighted by Gasteiger charge is 2.28. The van der Waals surface area contributed by atoms with Gasteiger partial charge in [-0.3, -0.25) is 10.1 Å². The van der Waals surface area contributed by atoms with Crippen LogP contribution in [0.1, 0.15) is 26.7 Å². The fourth-order valence-electron chi connectivity index (χ4n) is 2.23. The third kappa shape index (κ3) is 3.93. The Labute approximate surface area is 122 Å². The van der Waals surface area contributed by atoms with Crippen LogP contribution in [0.3, 0.4) is 0 Å². The van der Waals surface area contributed by atoms with E-state index in [2.05, 4.69) is 34.7 Å². The Kier molecular flexibility index (Phi) is 4.45. The molecule has 0 amide bonds. The summed E-state index contributed by atoms with van der Waals surface area (Å²) >= 11 is 3.30. The van der Waals surface area contributed by atoms with Crippen LogP contribution in [-0.4, -0.2) is 18.0 Å². The monoisotopic (exact) mass is 326 g/mol. The van der Waals surface area contributed by atoms with Crippen molar-refractivity contribution in [3.05, 3.63) is 32.8 Å². The van der Waals surface area contributed by atoms with Gasteiger partial charge in [0.2, 0.25) is 0 Å². The first-order chi connectivity index (χ1) is 8.97. The fourth-order valence-corrected chi connectivity index (χ4v) is 2.58. The number of hydrogen-bond acceptors (Lipinski definition) is 3. The first-order valence-electron chi connectivity index (χ1n) is 6.66. The fraction of sp³-hybridized carbons (Fsp3) is 0.571. The molecule has 0 bridgehead atoms. The van der Waals surface area contributed by atoms with Gasteiger partial charge in [-0.1, -0.05) is 29.8 Å². The molecule has 0 atom stereocenters. The number of nitrogens with zero attached hydrogens (tertiary/aromatic N) is 2. The molecule has 1 aromatic carbocycles. The second-order valence-corrected chi connectivity index (χ2v) is 6.55. The van der Waals surface area contributed by atoms with Crippen LogP contribution in [0.15, 0.2) is 22.7 Å². The highest BCUT2D eigenvalue weighted by molar-refractivity contribution is 9.10. The van der Waals surface area contributed by atoms with Crippen molar-refractivity contribution in [2.75, 3.05) is 18.0 Å². The molecule has 0 unspecified atom stereocenters. The van der Waals surface area contributed by atoms with Crippen molar-refractivity contribution in [2.24, 2.45) is 11.8 Å². The number of nitro benzene ring substituents is 1. The zero-order valence-corrected chi connectivity index (χ0v) is 12.9. The maximum absolute atomic E-state index is 11.2. The molecule has 104 valence electrons. The van der Waals surface area contributed by atoms with Gasteiger partial charge in [-0.15, -0.1) is 0 Å². The van der Waals surface area contributed by atoms with Crippen molar-refractivity contribution in [1.82, 2.24) is 0 Å². The Morgan fingerprint density at radius 1 is 1.47 bits per heavy atom. The van der Waals surface area contributed by atoms with Gasteiger partial charge in [0.25, 0.3) is 5.69 Å². The number of halogens is 1. The van der Waals surface area contributed by atoms with E-state index in [1.165, 1.54) is 12.8 Å². The summed E-state index contributed by atoms with van der Waals surface area (Å²) in [4.78, 5) is 13.1. The summed E-state index contributed by atoms with van der Waals surface area (Å²) in [6, 6.07) is 5.32. The Morgan fingerprint density at radius 3 is 2.68 bits per heavy atom. The summed E-state index contributed by atoms with van der Waals surface area (Å²) in [6.07, 6.45) is 2.50.